The highest BCUT2D eigenvalue weighted by Crippen LogP contribution is 2.61. The zero-order valence-corrected chi connectivity index (χ0v) is 29.2. The number of fused-ring (bicyclic) bond motifs is 16. The molecule has 0 aliphatic heterocycles. The second-order valence-corrected chi connectivity index (χ2v) is 15.0. The number of benzene rings is 6. The summed E-state index contributed by atoms with van der Waals surface area (Å²) in [6.07, 6.45) is 10.0. The Morgan fingerprint density at radius 1 is 0.491 bits per heavy atom. The van der Waals surface area contributed by atoms with Gasteiger partial charge in [0.1, 0.15) is 5.65 Å². The van der Waals surface area contributed by atoms with E-state index in [4.69, 9.17) is 4.98 Å². The summed E-state index contributed by atoms with van der Waals surface area (Å²) in [4.78, 5) is 14.0. The van der Waals surface area contributed by atoms with Gasteiger partial charge in [0.2, 0.25) is 5.95 Å². The van der Waals surface area contributed by atoms with Crippen molar-refractivity contribution in [3.8, 4) is 28.2 Å². The second kappa shape index (κ2) is 10.7. The normalized spacial score (nSPS) is 15.5. The van der Waals surface area contributed by atoms with E-state index in [1.54, 1.807) is 12.4 Å². The molecule has 0 saturated heterocycles. The lowest BCUT2D eigenvalue weighted by Gasteiger charge is -2.35. The maximum absolute atomic E-state index is 4.79. The first-order valence-electron chi connectivity index (χ1n) is 17.9. The van der Waals surface area contributed by atoms with E-state index in [0.717, 1.165) is 27.5 Å². The van der Waals surface area contributed by atoms with Crippen molar-refractivity contribution in [2.24, 2.45) is 0 Å². The average Bonchev–Trinajstić information content (AvgIpc) is 3.83. The Hall–Kier alpha value is -6.69. The quantitative estimate of drug-likeness (QED) is 0.181. The molecule has 1 atom stereocenters. The fourth-order valence-corrected chi connectivity index (χ4v) is 10.5. The van der Waals surface area contributed by atoms with Crippen LogP contribution in [0.5, 0.6) is 0 Å². The van der Waals surface area contributed by atoms with Crippen LogP contribution in [0.4, 0.5) is 0 Å². The van der Waals surface area contributed by atoms with Crippen molar-refractivity contribution in [3.63, 3.8) is 0 Å². The van der Waals surface area contributed by atoms with E-state index in [2.05, 4.69) is 154 Å². The highest BCUT2D eigenvalue weighted by atomic mass is 32.1. The van der Waals surface area contributed by atoms with Gasteiger partial charge >= 0.3 is 0 Å². The second-order valence-electron chi connectivity index (χ2n) is 14.0. The van der Waals surface area contributed by atoms with Crippen LogP contribution in [0.25, 0.3) is 82.5 Å². The monoisotopic (exact) mass is 692 g/mol. The number of hydrogen-bond donors (Lipinski definition) is 0. The summed E-state index contributed by atoms with van der Waals surface area (Å²) in [5.74, 6) is 0.614. The maximum atomic E-state index is 4.79. The summed E-state index contributed by atoms with van der Waals surface area (Å²) in [6, 6.07) is 51.5. The molecular weight excluding hydrogens is 665 g/mol. The number of aromatic nitrogens is 4. The lowest BCUT2D eigenvalue weighted by Crippen LogP contribution is -2.30. The molecular formula is C48H28N4S. The fourth-order valence-electron chi connectivity index (χ4n) is 9.27. The van der Waals surface area contributed by atoms with Crippen LogP contribution in [0.2, 0.25) is 0 Å². The van der Waals surface area contributed by atoms with Crippen LogP contribution < -0.4 is 0 Å². The largest absolute Gasteiger partial charge is 0.262 e. The zero-order chi connectivity index (χ0) is 34.7. The van der Waals surface area contributed by atoms with Gasteiger partial charge in [-0.15, -0.1) is 11.3 Å². The smallest absolute Gasteiger partial charge is 0.235 e. The first-order valence-corrected chi connectivity index (χ1v) is 18.7. The standard InChI is InChI=1S/C48H28N4S/c1-4-13-38-29(9-1)16-17-30-18-19-32(31-20-23-42-37(27-31)35-12-7-24-49-46(35)52(42)47-50-25-8-26-51-47)28-41(30)48(38)39-14-5-2-11-36(39)44-40(48)22-21-34-33-10-3-6-15-43(33)53-45(34)44/h1-28H. The molecule has 0 saturated carbocycles. The van der Waals surface area contributed by atoms with Crippen LogP contribution in [0.1, 0.15) is 33.4 Å². The summed E-state index contributed by atoms with van der Waals surface area (Å²) in [7, 11) is 0. The Kier molecular flexibility index (Phi) is 5.83. The van der Waals surface area contributed by atoms with Gasteiger partial charge in [0.15, 0.2) is 0 Å². The van der Waals surface area contributed by atoms with Crippen molar-refractivity contribution >= 4 is 65.6 Å². The Morgan fingerprint density at radius 3 is 2.15 bits per heavy atom. The molecule has 0 fully saturated rings. The molecule has 10 aromatic rings. The van der Waals surface area contributed by atoms with Crippen molar-refractivity contribution in [2.45, 2.75) is 5.41 Å². The van der Waals surface area contributed by atoms with Crippen LogP contribution >= 0.6 is 11.3 Å². The maximum Gasteiger partial charge on any atom is 0.235 e. The summed E-state index contributed by atoms with van der Waals surface area (Å²) >= 11 is 1.92. The molecule has 4 nitrogen and oxygen atoms in total. The van der Waals surface area contributed by atoms with E-state index in [0.29, 0.717) is 5.95 Å². The van der Waals surface area contributed by atoms with Crippen LogP contribution in [-0.4, -0.2) is 19.5 Å². The molecule has 12 rings (SSSR count). The minimum atomic E-state index is -0.517. The van der Waals surface area contributed by atoms with Crippen LogP contribution in [-0.2, 0) is 5.41 Å². The molecule has 0 N–H and O–H groups in total. The molecule has 4 aromatic heterocycles. The number of nitrogens with zero attached hydrogens (tertiary/aromatic N) is 4. The summed E-state index contributed by atoms with van der Waals surface area (Å²) in [5.41, 5.74) is 14.1. The van der Waals surface area contributed by atoms with Gasteiger partial charge in [-0.25, -0.2) is 15.0 Å². The SMILES string of the molecule is C1=Cc2ccc(-c3ccc4c(c3)c3cccnc3n4-c3ncccn3)cc2C2(c3ccccc31)c1ccccc1-c1c2ccc2c1sc1ccccc12. The van der Waals surface area contributed by atoms with Gasteiger partial charge in [-0.1, -0.05) is 109 Å². The van der Waals surface area contributed by atoms with Crippen molar-refractivity contribution in [1.82, 2.24) is 19.5 Å². The number of thiophene rings is 1. The predicted molar refractivity (Wildman–Crippen MR) is 219 cm³/mol. The van der Waals surface area contributed by atoms with Gasteiger partial charge in [-0.2, -0.15) is 0 Å². The van der Waals surface area contributed by atoms with Gasteiger partial charge in [0.25, 0.3) is 0 Å². The molecule has 1 spiro atoms. The topological polar surface area (TPSA) is 43.6 Å². The van der Waals surface area contributed by atoms with Gasteiger partial charge in [-0.3, -0.25) is 4.57 Å². The third-order valence-electron chi connectivity index (χ3n) is 11.4. The number of pyridine rings is 1. The van der Waals surface area contributed by atoms with E-state index >= 15 is 0 Å². The molecule has 0 radical (unpaired) electrons. The van der Waals surface area contributed by atoms with Crippen LogP contribution in [0.15, 0.2) is 158 Å². The molecule has 6 aromatic carbocycles. The minimum Gasteiger partial charge on any atom is -0.262 e. The third-order valence-corrected chi connectivity index (χ3v) is 12.6. The Morgan fingerprint density at radius 2 is 1.23 bits per heavy atom. The Labute approximate surface area is 309 Å². The molecule has 1 unspecified atom stereocenters. The Bertz CT molecular complexity index is 3190. The van der Waals surface area contributed by atoms with Gasteiger partial charge < -0.3 is 0 Å². The summed E-state index contributed by atoms with van der Waals surface area (Å²) in [5, 5.41) is 4.85. The number of rotatable bonds is 2. The molecule has 2 aliphatic carbocycles. The molecule has 0 bridgehead atoms. The highest BCUT2D eigenvalue weighted by molar-refractivity contribution is 7.26. The van der Waals surface area contributed by atoms with E-state index in [-0.39, 0.29) is 0 Å². The molecule has 5 heteroatoms. The molecule has 2 aliphatic rings. The van der Waals surface area contributed by atoms with Crippen molar-refractivity contribution in [1.29, 1.82) is 0 Å². The third kappa shape index (κ3) is 3.81. The van der Waals surface area contributed by atoms with E-state index in [9.17, 15) is 0 Å². The first kappa shape index (κ1) is 28.9. The fraction of sp³-hybridized carbons (Fsp3) is 0.0208. The van der Waals surface area contributed by atoms with E-state index in [1.165, 1.54) is 70.2 Å². The van der Waals surface area contributed by atoms with E-state index < -0.39 is 5.41 Å². The minimum absolute atomic E-state index is 0.517. The van der Waals surface area contributed by atoms with Crippen LogP contribution in [0.3, 0.4) is 0 Å². The highest BCUT2D eigenvalue weighted by Gasteiger charge is 2.49. The van der Waals surface area contributed by atoms with Gasteiger partial charge in [0.05, 0.1) is 10.9 Å². The average molecular weight is 693 g/mol. The van der Waals surface area contributed by atoms with Crippen molar-refractivity contribution in [2.75, 3.05) is 0 Å². The summed E-state index contributed by atoms with van der Waals surface area (Å²) in [6.45, 7) is 0. The van der Waals surface area contributed by atoms with Gasteiger partial charge in [-0.05, 0) is 92.5 Å². The van der Waals surface area contributed by atoms with Crippen molar-refractivity contribution in [3.05, 3.63) is 191 Å². The summed E-state index contributed by atoms with van der Waals surface area (Å²) < 4.78 is 4.74. The van der Waals surface area contributed by atoms with Crippen LogP contribution in [0, 0.1) is 0 Å². The molecule has 53 heavy (non-hydrogen) atoms. The molecule has 246 valence electrons. The molecule has 0 amide bonds. The van der Waals surface area contributed by atoms with Gasteiger partial charge in [0, 0.05) is 55.1 Å². The van der Waals surface area contributed by atoms with Crippen molar-refractivity contribution < 1.29 is 0 Å². The zero-order valence-electron chi connectivity index (χ0n) is 28.4. The Balaban J connectivity index is 1.15. The predicted octanol–water partition coefficient (Wildman–Crippen LogP) is 11.9. The van der Waals surface area contributed by atoms with E-state index in [1.807, 2.05) is 29.7 Å². The lowest BCUT2D eigenvalue weighted by atomic mass is 9.65. The first-order chi connectivity index (χ1) is 26.3. The number of hydrogen-bond acceptors (Lipinski definition) is 4. The lowest BCUT2D eigenvalue weighted by molar-refractivity contribution is 0.767. The molecule has 4 heterocycles.